The molecule has 0 unspecified atom stereocenters. The Morgan fingerprint density at radius 3 is 2.17 bits per heavy atom. The number of allylic oxidation sites excluding steroid dienone is 5. The molecule has 1 aromatic carbocycles. The third-order valence-corrected chi connectivity index (χ3v) is 2.90. The van der Waals surface area contributed by atoms with E-state index in [0.29, 0.717) is 23.8 Å². The van der Waals surface area contributed by atoms with E-state index in [1.807, 2.05) is 37.3 Å². The van der Waals surface area contributed by atoms with E-state index in [1.165, 1.54) is 0 Å². The van der Waals surface area contributed by atoms with E-state index in [0.717, 1.165) is 11.3 Å². The SMILES string of the molecule is C=C/C=C(\C=C)COc1ccc(OC(=C/C)/C(N)=C\C=C)cc1. The van der Waals surface area contributed by atoms with Gasteiger partial charge in [-0.3, -0.25) is 0 Å². The lowest BCUT2D eigenvalue weighted by Gasteiger charge is -2.11. The van der Waals surface area contributed by atoms with E-state index in [4.69, 9.17) is 15.2 Å². The molecule has 0 fully saturated rings. The molecule has 0 bridgehead atoms. The van der Waals surface area contributed by atoms with Crippen LogP contribution in [0, 0.1) is 0 Å². The minimum absolute atomic E-state index is 0.435. The van der Waals surface area contributed by atoms with Crippen molar-refractivity contribution in [3.05, 3.63) is 97.5 Å². The van der Waals surface area contributed by atoms with Crippen LogP contribution in [-0.2, 0) is 0 Å². The van der Waals surface area contributed by atoms with Crippen LogP contribution in [0.4, 0.5) is 0 Å². The van der Waals surface area contributed by atoms with Crippen LogP contribution in [-0.4, -0.2) is 6.61 Å². The van der Waals surface area contributed by atoms with E-state index in [2.05, 4.69) is 19.7 Å². The predicted molar refractivity (Wildman–Crippen MR) is 97.3 cm³/mol. The van der Waals surface area contributed by atoms with Crippen LogP contribution in [0.15, 0.2) is 97.5 Å². The number of rotatable bonds is 9. The molecule has 0 aliphatic carbocycles. The topological polar surface area (TPSA) is 44.5 Å². The lowest BCUT2D eigenvalue weighted by Crippen LogP contribution is -2.06. The Hall–Kier alpha value is -2.94. The van der Waals surface area contributed by atoms with Crippen molar-refractivity contribution in [2.24, 2.45) is 5.73 Å². The van der Waals surface area contributed by atoms with Crippen LogP contribution in [0.3, 0.4) is 0 Å². The van der Waals surface area contributed by atoms with E-state index in [1.54, 1.807) is 30.4 Å². The average Bonchev–Trinajstić information content (AvgIpc) is 2.57. The zero-order valence-corrected chi connectivity index (χ0v) is 13.5. The van der Waals surface area contributed by atoms with Crippen molar-refractivity contribution >= 4 is 0 Å². The van der Waals surface area contributed by atoms with Crippen LogP contribution in [0.25, 0.3) is 0 Å². The number of nitrogens with two attached hydrogens (primary N) is 1. The molecule has 0 spiro atoms. The van der Waals surface area contributed by atoms with Gasteiger partial charge in [-0.1, -0.05) is 44.0 Å². The highest BCUT2D eigenvalue weighted by Gasteiger charge is 2.03. The van der Waals surface area contributed by atoms with Crippen molar-refractivity contribution in [3.63, 3.8) is 0 Å². The first kappa shape index (κ1) is 18.1. The lowest BCUT2D eigenvalue weighted by molar-refractivity contribution is 0.354. The molecule has 23 heavy (non-hydrogen) atoms. The van der Waals surface area contributed by atoms with Gasteiger partial charge in [0.15, 0.2) is 0 Å². The van der Waals surface area contributed by atoms with Gasteiger partial charge in [0.05, 0.1) is 5.70 Å². The molecule has 120 valence electrons. The zero-order valence-electron chi connectivity index (χ0n) is 13.5. The van der Waals surface area contributed by atoms with Gasteiger partial charge in [0.25, 0.3) is 0 Å². The summed E-state index contributed by atoms with van der Waals surface area (Å²) in [5.74, 6) is 2.00. The predicted octanol–water partition coefficient (Wildman–Crippen LogP) is 4.68. The molecular weight excluding hydrogens is 286 g/mol. The maximum absolute atomic E-state index is 5.89. The summed E-state index contributed by atoms with van der Waals surface area (Å²) in [6.45, 7) is 13.3. The van der Waals surface area contributed by atoms with Crippen LogP contribution in [0.5, 0.6) is 11.5 Å². The normalized spacial score (nSPS) is 12.5. The Bertz CT molecular complexity index is 634. The average molecular weight is 309 g/mol. The van der Waals surface area contributed by atoms with Crippen molar-refractivity contribution in [1.82, 2.24) is 0 Å². The minimum atomic E-state index is 0.435. The van der Waals surface area contributed by atoms with Crippen molar-refractivity contribution in [1.29, 1.82) is 0 Å². The monoisotopic (exact) mass is 309 g/mol. The van der Waals surface area contributed by atoms with Gasteiger partial charge in [0.1, 0.15) is 23.9 Å². The minimum Gasteiger partial charge on any atom is -0.489 e. The number of hydrogen-bond acceptors (Lipinski definition) is 3. The molecule has 0 aliphatic rings. The summed E-state index contributed by atoms with van der Waals surface area (Å²) in [5.41, 5.74) is 7.37. The molecule has 0 saturated heterocycles. The molecule has 0 amide bonds. The van der Waals surface area contributed by atoms with E-state index >= 15 is 0 Å². The molecular formula is C20H23NO2. The van der Waals surface area contributed by atoms with Crippen LogP contribution in [0.1, 0.15) is 6.92 Å². The fourth-order valence-corrected chi connectivity index (χ4v) is 1.72. The number of benzene rings is 1. The molecule has 0 radical (unpaired) electrons. The third-order valence-electron chi connectivity index (χ3n) is 2.90. The third kappa shape index (κ3) is 6.14. The quantitative estimate of drug-likeness (QED) is 0.532. The highest BCUT2D eigenvalue weighted by atomic mass is 16.5. The summed E-state index contributed by atoms with van der Waals surface area (Å²) in [5, 5.41) is 0. The van der Waals surface area contributed by atoms with Gasteiger partial charge >= 0.3 is 0 Å². The van der Waals surface area contributed by atoms with Crippen LogP contribution in [0.2, 0.25) is 0 Å². The highest BCUT2D eigenvalue weighted by Crippen LogP contribution is 2.21. The first-order valence-electron chi connectivity index (χ1n) is 7.24. The standard InChI is InChI=1S/C20H23NO2/c1-5-9-16(7-3)15-22-17-11-13-18(14-12-17)23-20(8-4)19(21)10-6-2/h5-14H,1-3,15,21H2,4H3/b16-9+,19-10+,20-8+. The van der Waals surface area contributed by atoms with Crippen molar-refractivity contribution in [3.8, 4) is 11.5 Å². The van der Waals surface area contributed by atoms with E-state index in [-0.39, 0.29) is 0 Å². The van der Waals surface area contributed by atoms with E-state index < -0.39 is 0 Å². The highest BCUT2D eigenvalue weighted by molar-refractivity contribution is 5.36. The van der Waals surface area contributed by atoms with Gasteiger partial charge in [-0.05, 0) is 48.9 Å². The summed E-state index contributed by atoms with van der Waals surface area (Å²) in [6.07, 6.45) is 10.4. The van der Waals surface area contributed by atoms with Gasteiger partial charge in [-0.15, -0.1) is 0 Å². The molecule has 0 saturated carbocycles. The van der Waals surface area contributed by atoms with Crippen molar-refractivity contribution in [2.75, 3.05) is 6.61 Å². The number of hydrogen-bond donors (Lipinski definition) is 1. The first-order valence-corrected chi connectivity index (χ1v) is 7.24. The van der Waals surface area contributed by atoms with Crippen LogP contribution < -0.4 is 15.2 Å². The smallest absolute Gasteiger partial charge is 0.146 e. The Morgan fingerprint density at radius 1 is 1.04 bits per heavy atom. The second-order valence-corrected chi connectivity index (χ2v) is 4.55. The molecule has 0 aliphatic heterocycles. The molecule has 3 heteroatoms. The second kappa shape index (κ2) is 9.90. The zero-order chi connectivity index (χ0) is 17.1. The van der Waals surface area contributed by atoms with E-state index in [9.17, 15) is 0 Å². The lowest BCUT2D eigenvalue weighted by atomic mass is 10.2. The molecule has 1 aromatic rings. The number of ether oxygens (including phenoxy) is 2. The Balaban J connectivity index is 2.71. The largest absolute Gasteiger partial charge is 0.489 e. The molecule has 0 atom stereocenters. The summed E-state index contributed by atoms with van der Waals surface area (Å²) in [6, 6.07) is 7.32. The van der Waals surface area contributed by atoms with Gasteiger partial charge in [-0.2, -0.15) is 0 Å². The second-order valence-electron chi connectivity index (χ2n) is 4.55. The Labute approximate surface area is 138 Å². The summed E-state index contributed by atoms with van der Waals surface area (Å²) in [7, 11) is 0. The fourth-order valence-electron chi connectivity index (χ4n) is 1.72. The summed E-state index contributed by atoms with van der Waals surface area (Å²) < 4.78 is 11.4. The molecule has 0 heterocycles. The Kier molecular flexibility index (Phi) is 7.79. The fraction of sp³-hybridized carbons (Fsp3) is 0.100. The van der Waals surface area contributed by atoms with Gasteiger partial charge in [-0.25, -0.2) is 0 Å². The maximum Gasteiger partial charge on any atom is 0.146 e. The summed E-state index contributed by atoms with van der Waals surface area (Å²) in [4.78, 5) is 0. The molecule has 1 rings (SSSR count). The van der Waals surface area contributed by atoms with Gasteiger partial charge in [0.2, 0.25) is 0 Å². The van der Waals surface area contributed by atoms with Gasteiger partial charge in [0, 0.05) is 0 Å². The molecule has 2 N–H and O–H groups in total. The molecule has 3 nitrogen and oxygen atoms in total. The van der Waals surface area contributed by atoms with Crippen molar-refractivity contribution in [2.45, 2.75) is 6.92 Å². The Morgan fingerprint density at radius 2 is 1.65 bits per heavy atom. The maximum atomic E-state index is 5.89. The summed E-state index contributed by atoms with van der Waals surface area (Å²) >= 11 is 0. The first-order chi connectivity index (χ1) is 11.1. The van der Waals surface area contributed by atoms with Crippen molar-refractivity contribution < 1.29 is 9.47 Å². The molecule has 0 aromatic heterocycles. The van der Waals surface area contributed by atoms with Crippen LogP contribution >= 0.6 is 0 Å². The van der Waals surface area contributed by atoms with Gasteiger partial charge < -0.3 is 15.2 Å².